The molecule has 0 aliphatic carbocycles. The molecule has 158 valence electrons. The van der Waals surface area contributed by atoms with Crippen LogP contribution in [0, 0.1) is 0 Å². The minimum atomic E-state index is -0.426. The maximum Gasteiger partial charge on any atom is -0.0683 e. The number of hydrogen-bond acceptors (Lipinski definition) is 3. The van der Waals surface area contributed by atoms with Crippen molar-refractivity contribution >= 4 is 35.9 Å². The molecule has 2 aromatic carbocycles. The molecule has 4 heteroatoms. The molecule has 0 radical (unpaired) electrons. The average molecular weight is 508 g/mol. The predicted molar refractivity (Wildman–Crippen MR) is 129 cm³/mol. The fourth-order valence-corrected chi connectivity index (χ4v) is 6.74. The van der Waals surface area contributed by atoms with Gasteiger partial charge in [-0.3, -0.25) is 0 Å². The first kappa shape index (κ1) is 23.6. The van der Waals surface area contributed by atoms with Crippen LogP contribution < -0.4 is 18.1 Å². The molecule has 0 spiro atoms. The molecule has 0 bridgehead atoms. The number of nitrogens with zero attached hydrogens (tertiary/aromatic N) is 2. The fourth-order valence-electron chi connectivity index (χ4n) is 3.55. The van der Waals surface area contributed by atoms with Gasteiger partial charge in [0.25, 0.3) is 0 Å². The second kappa shape index (κ2) is 10.9. The summed E-state index contributed by atoms with van der Waals surface area (Å²) in [5.74, 6) is 2.37. The molecule has 2 aromatic rings. The van der Waals surface area contributed by atoms with E-state index >= 15 is 0 Å². The first-order chi connectivity index (χ1) is 13.9. The summed E-state index contributed by atoms with van der Waals surface area (Å²) < 4.78 is 8.11. The Balaban J connectivity index is 0.00000145. The van der Waals surface area contributed by atoms with E-state index in [1.807, 2.05) is 13.8 Å². The second-order valence-corrected chi connectivity index (χ2v) is 10.6. The first-order valence-corrected chi connectivity index (χ1v) is 13.1. The third-order valence-corrected chi connectivity index (χ3v) is 9.44. The van der Waals surface area contributed by atoms with Crippen LogP contribution in [0.2, 0.25) is 3.97 Å². The van der Waals surface area contributed by atoms with Crippen molar-refractivity contribution in [3.8, 4) is 5.75 Å². The van der Waals surface area contributed by atoms with E-state index < -0.39 is 20.9 Å². The largest absolute Gasteiger partial charge is 0.0683 e. The molecule has 1 unspecified atom stereocenters. The number of hydrogen-bond donors (Lipinski definition) is 0. The van der Waals surface area contributed by atoms with Crippen molar-refractivity contribution < 1.29 is 4.74 Å². The second-order valence-electron chi connectivity index (χ2n) is 7.18. The maximum atomic E-state index is 6.23. The van der Waals surface area contributed by atoms with E-state index in [0.717, 1.165) is 24.6 Å². The Morgan fingerprint density at radius 1 is 0.966 bits per heavy atom. The van der Waals surface area contributed by atoms with E-state index in [4.69, 9.17) is 4.74 Å². The summed E-state index contributed by atoms with van der Waals surface area (Å²) in [6.07, 6.45) is 0. The molecule has 1 aliphatic rings. The number of anilines is 2. The van der Waals surface area contributed by atoms with Crippen LogP contribution in [0.5, 0.6) is 5.75 Å². The van der Waals surface area contributed by atoms with Crippen LogP contribution in [0.1, 0.15) is 46.1 Å². The third-order valence-electron chi connectivity index (χ3n) is 5.24. The zero-order valence-electron chi connectivity index (χ0n) is 19.0. The molecule has 0 saturated carbocycles. The monoisotopic (exact) mass is 510 g/mol. The van der Waals surface area contributed by atoms with Crippen LogP contribution in [0.25, 0.3) is 0 Å². The minimum Gasteiger partial charge on any atom is -0.0683 e. The summed E-state index contributed by atoms with van der Waals surface area (Å²) in [7, 11) is 4.15. The molecule has 0 aromatic heterocycles. The summed E-state index contributed by atoms with van der Waals surface area (Å²) in [5.41, 5.74) is 3.79. The number of ether oxygens (including phenoxy) is 1. The molecule has 3 rings (SSSR count). The van der Waals surface area contributed by atoms with Crippen LogP contribution in [0.15, 0.2) is 54.8 Å². The molecule has 0 N–H and O–H groups in total. The number of fused-ring (bicyclic) bond motifs is 1. The van der Waals surface area contributed by atoms with Crippen LogP contribution in [0.4, 0.5) is 11.4 Å². The standard InChI is InChI=1S/C23H30N2OTe.C2H6/c1-7-25(8-2)19-11-14-21-16(3)23(17(4)26-22(21)15-19)27-20-12-9-18(10-13-20)24(5)6;1-2/h9-16,23H,4,7-8H2,1-3,5-6H3;1-2H3/t16-,23?;/m1./s1. The number of benzene rings is 2. The summed E-state index contributed by atoms with van der Waals surface area (Å²) in [4.78, 5) is 4.49. The minimum absolute atomic E-state index is 0.424. The van der Waals surface area contributed by atoms with Gasteiger partial charge in [-0.15, -0.1) is 0 Å². The average Bonchev–Trinajstić information content (AvgIpc) is 2.73. The molecule has 1 heterocycles. The van der Waals surface area contributed by atoms with Gasteiger partial charge in [0.15, 0.2) is 0 Å². The van der Waals surface area contributed by atoms with Gasteiger partial charge in [0.1, 0.15) is 0 Å². The normalized spacial score (nSPS) is 17.6. The molecule has 1 aliphatic heterocycles. The topological polar surface area (TPSA) is 15.7 Å². The van der Waals surface area contributed by atoms with Crippen molar-refractivity contribution in [3.63, 3.8) is 0 Å². The van der Waals surface area contributed by atoms with Crippen LogP contribution in [0.3, 0.4) is 0 Å². The van der Waals surface area contributed by atoms with E-state index in [9.17, 15) is 0 Å². The summed E-state index contributed by atoms with van der Waals surface area (Å²) in [6.45, 7) is 17.0. The van der Waals surface area contributed by atoms with E-state index in [1.54, 1.807) is 0 Å². The van der Waals surface area contributed by atoms with E-state index in [2.05, 4.69) is 93.7 Å². The molecule has 0 amide bonds. The van der Waals surface area contributed by atoms with Gasteiger partial charge in [0.05, 0.1) is 0 Å². The molecular formula is C25H36N2OTe. The van der Waals surface area contributed by atoms with Gasteiger partial charge < -0.3 is 0 Å². The Hall–Kier alpha value is -1.63. The molecule has 3 nitrogen and oxygen atoms in total. The summed E-state index contributed by atoms with van der Waals surface area (Å²) in [5, 5.41) is 0. The van der Waals surface area contributed by atoms with Gasteiger partial charge in [-0.05, 0) is 0 Å². The van der Waals surface area contributed by atoms with Crippen molar-refractivity contribution in [2.24, 2.45) is 0 Å². The van der Waals surface area contributed by atoms with Crippen molar-refractivity contribution in [1.29, 1.82) is 0 Å². The van der Waals surface area contributed by atoms with Gasteiger partial charge in [-0.25, -0.2) is 0 Å². The van der Waals surface area contributed by atoms with Crippen molar-refractivity contribution in [2.75, 3.05) is 37.0 Å². The SMILES string of the molecule is C=C1Oc2cc(N(CC)CC)ccc2[C@@H](C)C1[Te]c1ccc(N(C)C)cc1.CC. The number of allylic oxidation sites excluding steroid dienone is 1. The van der Waals surface area contributed by atoms with Crippen molar-refractivity contribution in [2.45, 2.75) is 44.5 Å². The molecule has 29 heavy (non-hydrogen) atoms. The zero-order chi connectivity index (χ0) is 21.6. The maximum absolute atomic E-state index is 6.23. The van der Waals surface area contributed by atoms with Crippen LogP contribution in [-0.2, 0) is 0 Å². The predicted octanol–water partition coefficient (Wildman–Crippen LogP) is 5.45. The van der Waals surface area contributed by atoms with Gasteiger partial charge >= 0.3 is 174 Å². The van der Waals surface area contributed by atoms with Gasteiger partial charge in [-0.1, -0.05) is 13.8 Å². The number of rotatable bonds is 6. The van der Waals surface area contributed by atoms with Crippen LogP contribution in [-0.4, -0.2) is 48.1 Å². The zero-order valence-corrected chi connectivity index (χ0v) is 21.4. The Bertz CT molecular complexity index is 797. The quantitative estimate of drug-likeness (QED) is 0.483. The van der Waals surface area contributed by atoms with Gasteiger partial charge in [0, 0.05) is 0 Å². The van der Waals surface area contributed by atoms with E-state index in [0.29, 0.717) is 9.88 Å². The Morgan fingerprint density at radius 3 is 2.10 bits per heavy atom. The fraction of sp³-hybridized carbons (Fsp3) is 0.440. The summed E-state index contributed by atoms with van der Waals surface area (Å²) in [6, 6.07) is 15.7. The molecule has 0 saturated heterocycles. The van der Waals surface area contributed by atoms with E-state index in [1.165, 1.54) is 20.5 Å². The summed E-state index contributed by atoms with van der Waals surface area (Å²) >= 11 is -0.426. The first-order valence-electron chi connectivity index (χ1n) is 10.6. The molecule has 0 fully saturated rings. The van der Waals surface area contributed by atoms with Gasteiger partial charge in [-0.2, -0.15) is 0 Å². The van der Waals surface area contributed by atoms with Gasteiger partial charge in [0.2, 0.25) is 0 Å². The van der Waals surface area contributed by atoms with Crippen molar-refractivity contribution in [1.82, 2.24) is 0 Å². The Labute approximate surface area is 187 Å². The Morgan fingerprint density at radius 2 is 1.55 bits per heavy atom. The van der Waals surface area contributed by atoms with E-state index in [-0.39, 0.29) is 0 Å². The third kappa shape index (κ3) is 5.50. The smallest absolute Gasteiger partial charge is 0.0683 e. The van der Waals surface area contributed by atoms with Crippen molar-refractivity contribution in [3.05, 3.63) is 60.4 Å². The Kier molecular flexibility index (Phi) is 8.93. The molecule has 2 atom stereocenters. The van der Waals surface area contributed by atoms with Crippen LogP contribution >= 0.6 is 0 Å². The molecular weight excluding hydrogens is 472 g/mol.